The number of hydrogen-bond acceptors (Lipinski definition) is 0. The van der Waals surface area contributed by atoms with Gasteiger partial charge in [-0.3, -0.25) is 0 Å². The number of rotatable bonds is 3. The molecular weight excluding hydrogens is 270 g/mol. The minimum atomic E-state index is -0.278. The smallest absolute Gasteiger partial charge is 0.123 e. The Labute approximate surface area is 116 Å². The zero-order valence-corrected chi connectivity index (χ0v) is 11.5. The summed E-state index contributed by atoms with van der Waals surface area (Å²) in [5, 5.41) is 0.413. The molecule has 94 valence electrons. The van der Waals surface area contributed by atoms with E-state index in [1.165, 1.54) is 12.1 Å². The quantitative estimate of drug-likeness (QED) is 0.669. The first-order chi connectivity index (χ1) is 8.56. The Hall–Kier alpha value is -1.05. The molecule has 0 fully saturated rings. The number of benzene rings is 2. The summed E-state index contributed by atoms with van der Waals surface area (Å²) < 4.78 is 13.3. The average Bonchev–Trinajstić information content (AvgIpc) is 2.31. The lowest BCUT2D eigenvalue weighted by molar-refractivity contribution is 0.623. The molecule has 0 aliphatic heterocycles. The van der Waals surface area contributed by atoms with Crippen molar-refractivity contribution >= 4 is 23.2 Å². The maximum Gasteiger partial charge on any atom is 0.123 e. The first-order valence-corrected chi connectivity index (χ1v) is 6.52. The number of aryl methyl sites for hydroxylation is 1. The molecule has 1 atom stereocenters. The van der Waals surface area contributed by atoms with E-state index in [2.05, 4.69) is 0 Å². The van der Waals surface area contributed by atoms with Crippen LogP contribution < -0.4 is 0 Å². The van der Waals surface area contributed by atoms with Gasteiger partial charge in [0.15, 0.2) is 0 Å². The fourth-order valence-corrected chi connectivity index (χ4v) is 2.43. The summed E-state index contributed by atoms with van der Waals surface area (Å²) in [6.45, 7) is 1.85. The zero-order valence-electron chi connectivity index (χ0n) is 9.96. The van der Waals surface area contributed by atoms with Crippen molar-refractivity contribution in [3.8, 4) is 0 Å². The van der Waals surface area contributed by atoms with Crippen LogP contribution in [0, 0.1) is 12.7 Å². The molecule has 2 aromatic carbocycles. The molecule has 0 aliphatic rings. The number of alkyl halides is 1. The molecule has 2 rings (SSSR count). The van der Waals surface area contributed by atoms with Crippen molar-refractivity contribution in [2.24, 2.45) is 0 Å². The van der Waals surface area contributed by atoms with E-state index in [1.54, 1.807) is 0 Å². The average molecular weight is 283 g/mol. The van der Waals surface area contributed by atoms with E-state index >= 15 is 0 Å². The van der Waals surface area contributed by atoms with Crippen LogP contribution in [0.15, 0.2) is 42.5 Å². The molecule has 3 heteroatoms. The lowest BCUT2D eigenvalue weighted by Gasteiger charge is -2.12. The van der Waals surface area contributed by atoms with Crippen molar-refractivity contribution in [3.63, 3.8) is 0 Å². The monoisotopic (exact) mass is 282 g/mol. The second-order valence-corrected chi connectivity index (χ2v) is 5.26. The fourth-order valence-electron chi connectivity index (χ4n) is 1.92. The summed E-state index contributed by atoms with van der Waals surface area (Å²) in [4.78, 5) is 0. The Balaban J connectivity index is 2.22. The van der Waals surface area contributed by atoms with Crippen molar-refractivity contribution in [1.29, 1.82) is 0 Å². The van der Waals surface area contributed by atoms with Crippen LogP contribution in [0.3, 0.4) is 0 Å². The summed E-state index contributed by atoms with van der Waals surface area (Å²) in [6, 6.07) is 12.4. The maximum absolute atomic E-state index is 13.3. The third-order valence-corrected chi connectivity index (χ3v) is 3.56. The first-order valence-electron chi connectivity index (χ1n) is 5.71. The summed E-state index contributed by atoms with van der Waals surface area (Å²) >= 11 is 12.4. The Morgan fingerprint density at radius 3 is 2.56 bits per heavy atom. The normalized spacial score (nSPS) is 12.4. The van der Waals surface area contributed by atoms with E-state index in [0.29, 0.717) is 11.4 Å². The fraction of sp³-hybridized carbons (Fsp3) is 0.200. The van der Waals surface area contributed by atoms with E-state index in [0.717, 1.165) is 16.7 Å². The highest BCUT2D eigenvalue weighted by Gasteiger charge is 2.12. The minimum Gasteiger partial charge on any atom is -0.207 e. The van der Waals surface area contributed by atoms with E-state index in [9.17, 15) is 4.39 Å². The van der Waals surface area contributed by atoms with Crippen LogP contribution in [0.25, 0.3) is 0 Å². The summed E-state index contributed by atoms with van der Waals surface area (Å²) in [5.74, 6) is -0.255. The summed E-state index contributed by atoms with van der Waals surface area (Å²) in [5.41, 5.74) is 2.63. The van der Waals surface area contributed by atoms with E-state index < -0.39 is 0 Å². The molecule has 0 aliphatic carbocycles. The van der Waals surface area contributed by atoms with Crippen LogP contribution in [0.2, 0.25) is 5.02 Å². The highest BCUT2D eigenvalue weighted by Crippen LogP contribution is 2.29. The van der Waals surface area contributed by atoms with Crippen molar-refractivity contribution in [1.82, 2.24) is 0 Å². The van der Waals surface area contributed by atoms with Gasteiger partial charge in [0.05, 0.1) is 5.38 Å². The molecular formula is C15H13Cl2F. The molecule has 0 bridgehead atoms. The molecule has 0 heterocycles. The van der Waals surface area contributed by atoms with E-state index in [1.807, 2.05) is 37.3 Å². The Morgan fingerprint density at radius 2 is 1.89 bits per heavy atom. The third kappa shape index (κ3) is 3.24. The van der Waals surface area contributed by atoms with Gasteiger partial charge in [0.2, 0.25) is 0 Å². The van der Waals surface area contributed by atoms with Gasteiger partial charge in [0, 0.05) is 5.02 Å². The molecule has 0 N–H and O–H groups in total. The predicted octanol–water partition coefficient (Wildman–Crippen LogP) is 5.31. The van der Waals surface area contributed by atoms with Gasteiger partial charge in [-0.2, -0.15) is 0 Å². The van der Waals surface area contributed by atoms with Crippen LogP contribution in [0.4, 0.5) is 4.39 Å². The standard InChI is InChI=1S/C15H13Cl2F/c1-10-6-12(8-13(18)7-10)15(17)9-11-4-2-3-5-14(11)16/h2-8,15H,9H2,1H3. The van der Waals surface area contributed by atoms with Crippen LogP contribution in [-0.2, 0) is 6.42 Å². The Bertz CT molecular complexity index is 532. The van der Waals surface area contributed by atoms with Gasteiger partial charge in [0.1, 0.15) is 5.82 Å². The molecule has 0 saturated heterocycles. The SMILES string of the molecule is Cc1cc(F)cc(C(Cl)Cc2ccccc2Cl)c1. The number of halogens is 3. The van der Waals surface area contributed by atoms with Gasteiger partial charge >= 0.3 is 0 Å². The van der Waals surface area contributed by atoms with Gasteiger partial charge < -0.3 is 0 Å². The van der Waals surface area contributed by atoms with Gasteiger partial charge in [-0.15, -0.1) is 11.6 Å². The molecule has 0 aromatic heterocycles. The molecule has 1 unspecified atom stereocenters. The maximum atomic E-state index is 13.3. The molecule has 0 radical (unpaired) electrons. The minimum absolute atomic E-state index is 0.255. The first kappa shape index (κ1) is 13.4. The van der Waals surface area contributed by atoms with Crippen LogP contribution >= 0.6 is 23.2 Å². The van der Waals surface area contributed by atoms with E-state index in [4.69, 9.17) is 23.2 Å². The molecule has 18 heavy (non-hydrogen) atoms. The van der Waals surface area contributed by atoms with Crippen LogP contribution in [0.1, 0.15) is 22.1 Å². The van der Waals surface area contributed by atoms with Crippen LogP contribution in [0.5, 0.6) is 0 Å². The lowest BCUT2D eigenvalue weighted by Crippen LogP contribution is -1.98. The van der Waals surface area contributed by atoms with Gasteiger partial charge in [0.25, 0.3) is 0 Å². The second-order valence-electron chi connectivity index (χ2n) is 4.32. The summed E-state index contributed by atoms with van der Waals surface area (Å²) in [7, 11) is 0. The molecule has 0 amide bonds. The van der Waals surface area contributed by atoms with Crippen molar-refractivity contribution in [2.45, 2.75) is 18.7 Å². The molecule has 0 saturated carbocycles. The molecule has 0 nitrogen and oxygen atoms in total. The Kier molecular flexibility index (Phi) is 4.26. The largest absolute Gasteiger partial charge is 0.207 e. The Morgan fingerprint density at radius 1 is 1.17 bits per heavy atom. The lowest BCUT2D eigenvalue weighted by atomic mass is 10.0. The zero-order chi connectivity index (χ0) is 13.1. The third-order valence-electron chi connectivity index (χ3n) is 2.78. The molecule has 2 aromatic rings. The van der Waals surface area contributed by atoms with Crippen molar-refractivity contribution in [2.75, 3.05) is 0 Å². The van der Waals surface area contributed by atoms with Crippen molar-refractivity contribution < 1.29 is 4.39 Å². The highest BCUT2D eigenvalue weighted by molar-refractivity contribution is 6.31. The van der Waals surface area contributed by atoms with Gasteiger partial charge in [-0.1, -0.05) is 35.9 Å². The van der Waals surface area contributed by atoms with E-state index in [-0.39, 0.29) is 11.2 Å². The topological polar surface area (TPSA) is 0 Å². The summed E-state index contributed by atoms with van der Waals surface area (Å²) in [6.07, 6.45) is 0.587. The molecule has 0 spiro atoms. The highest BCUT2D eigenvalue weighted by atomic mass is 35.5. The number of hydrogen-bond donors (Lipinski definition) is 0. The van der Waals surface area contributed by atoms with Gasteiger partial charge in [-0.05, 0) is 48.2 Å². The predicted molar refractivity (Wildman–Crippen MR) is 74.9 cm³/mol. The van der Waals surface area contributed by atoms with Gasteiger partial charge in [-0.25, -0.2) is 4.39 Å². The van der Waals surface area contributed by atoms with Crippen molar-refractivity contribution in [3.05, 3.63) is 70.0 Å². The van der Waals surface area contributed by atoms with Crippen LogP contribution in [-0.4, -0.2) is 0 Å². The second kappa shape index (κ2) is 5.73.